The van der Waals surface area contributed by atoms with E-state index in [9.17, 15) is 0 Å². The van der Waals surface area contributed by atoms with Gasteiger partial charge in [-0.2, -0.15) is 0 Å². The zero-order valence-electron chi connectivity index (χ0n) is 10.1. The highest BCUT2D eigenvalue weighted by Gasteiger charge is 2.31. The van der Waals surface area contributed by atoms with E-state index >= 15 is 0 Å². The molecule has 0 saturated carbocycles. The van der Waals surface area contributed by atoms with E-state index in [-0.39, 0.29) is 0 Å². The van der Waals surface area contributed by atoms with Crippen molar-refractivity contribution < 1.29 is 4.74 Å². The van der Waals surface area contributed by atoms with E-state index < -0.39 is 0 Å². The van der Waals surface area contributed by atoms with E-state index in [1.807, 2.05) is 0 Å². The molecule has 2 aliphatic rings. The summed E-state index contributed by atoms with van der Waals surface area (Å²) < 4.78 is 5.28. The molecule has 2 aliphatic heterocycles. The van der Waals surface area contributed by atoms with Gasteiger partial charge in [0.05, 0.1) is 19.3 Å². The van der Waals surface area contributed by atoms with Gasteiger partial charge < -0.3 is 4.74 Å². The minimum Gasteiger partial charge on any atom is -0.378 e. The van der Waals surface area contributed by atoms with Gasteiger partial charge >= 0.3 is 0 Å². The highest BCUT2D eigenvalue weighted by molar-refractivity contribution is 5.39. The fourth-order valence-corrected chi connectivity index (χ4v) is 2.71. The summed E-state index contributed by atoms with van der Waals surface area (Å²) in [5.41, 5.74) is 4.63. The smallest absolute Gasteiger partial charge is 0.0645 e. The highest BCUT2D eigenvalue weighted by atomic mass is 16.5. The molecule has 0 N–H and O–H groups in total. The van der Waals surface area contributed by atoms with Crippen LogP contribution in [0, 0.1) is 0 Å². The second-order valence-electron chi connectivity index (χ2n) is 5.24. The molecule has 0 bridgehead atoms. The van der Waals surface area contributed by atoms with Crippen molar-refractivity contribution in [1.29, 1.82) is 0 Å². The lowest BCUT2D eigenvalue weighted by Crippen LogP contribution is -2.46. The molecule has 2 nitrogen and oxygen atoms in total. The van der Waals surface area contributed by atoms with Gasteiger partial charge in [0, 0.05) is 13.1 Å². The van der Waals surface area contributed by atoms with E-state index in [0.717, 1.165) is 26.3 Å². The van der Waals surface area contributed by atoms with E-state index in [1.54, 1.807) is 5.56 Å². The molecule has 1 aromatic carbocycles. The topological polar surface area (TPSA) is 12.5 Å². The molecule has 1 saturated heterocycles. The first-order valence-corrected chi connectivity index (χ1v) is 6.18. The summed E-state index contributed by atoms with van der Waals surface area (Å²) in [6, 6.07) is 7.42. The Labute approximate surface area is 97.2 Å². The monoisotopic (exact) mass is 217 g/mol. The molecule has 0 atom stereocenters. The third-order valence-electron chi connectivity index (χ3n) is 3.80. The molecule has 0 spiro atoms. The zero-order valence-corrected chi connectivity index (χ0v) is 10.1. The van der Waals surface area contributed by atoms with Gasteiger partial charge in [0.2, 0.25) is 0 Å². The lowest BCUT2D eigenvalue weighted by Gasteiger charge is -2.34. The SMILES string of the molecule is CC(C)c1cccc2c1CN(C1COC1)C2. The van der Waals surface area contributed by atoms with Gasteiger partial charge in [-0.1, -0.05) is 32.0 Å². The van der Waals surface area contributed by atoms with Crippen LogP contribution in [0.15, 0.2) is 18.2 Å². The van der Waals surface area contributed by atoms with Crippen LogP contribution in [-0.2, 0) is 17.8 Å². The molecule has 0 radical (unpaired) electrons. The lowest BCUT2D eigenvalue weighted by atomic mass is 9.95. The first kappa shape index (κ1) is 10.3. The Kier molecular flexibility index (Phi) is 2.49. The number of rotatable bonds is 2. The Bertz CT molecular complexity index is 396. The predicted octanol–water partition coefficient (Wildman–Crippen LogP) is 2.52. The Morgan fingerprint density at radius 1 is 1.25 bits per heavy atom. The molecular weight excluding hydrogens is 198 g/mol. The van der Waals surface area contributed by atoms with Crippen LogP contribution in [0.3, 0.4) is 0 Å². The summed E-state index contributed by atoms with van der Waals surface area (Å²) in [5, 5.41) is 0. The lowest BCUT2D eigenvalue weighted by molar-refractivity contribution is -0.0670. The molecule has 3 rings (SSSR count). The minimum atomic E-state index is 0.632. The molecule has 0 aromatic heterocycles. The third-order valence-corrected chi connectivity index (χ3v) is 3.80. The fraction of sp³-hybridized carbons (Fsp3) is 0.571. The van der Waals surface area contributed by atoms with Crippen molar-refractivity contribution >= 4 is 0 Å². The molecule has 1 fully saturated rings. The Morgan fingerprint density at radius 2 is 2.06 bits per heavy atom. The highest BCUT2D eigenvalue weighted by Crippen LogP contribution is 2.32. The average molecular weight is 217 g/mol. The van der Waals surface area contributed by atoms with Crippen LogP contribution >= 0.6 is 0 Å². The van der Waals surface area contributed by atoms with Gasteiger partial charge in [-0.05, 0) is 22.6 Å². The normalized spacial score (nSPS) is 21.2. The number of benzene rings is 1. The van der Waals surface area contributed by atoms with Crippen molar-refractivity contribution in [2.75, 3.05) is 13.2 Å². The van der Waals surface area contributed by atoms with E-state index in [4.69, 9.17) is 4.74 Å². The van der Waals surface area contributed by atoms with Crippen molar-refractivity contribution in [3.05, 3.63) is 34.9 Å². The number of hydrogen-bond acceptors (Lipinski definition) is 2. The standard InChI is InChI=1S/C14H19NO/c1-10(2)13-5-3-4-11-6-15(7-14(11)13)12-8-16-9-12/h3-5,10,12H,6-9H2,1-2H3. The maximum absolute atomic E-state index is 5.28. The molecular formula is C14H19NO. The molecule has 1 aromatic rings. The van der Waals surface area contributed by atoms with Crippen LogP contribution < -0.4 is 0 Å². The van der Waals surface area contributed by atoms with Crippen LogP contribution in [0.2, 0.25) is 0 Å². The van der Waals surface area contributed by atoms with Crippen molar-refractivity contribution in [1.82, 2.24) is 4.90 Å². The number of fused-ring (bicyclic) bond motifs is 1. The summed E-state index contributed by atoms with van der Waals surface area (Å²) in [4.78, 5) is 2.56. The van der Waals surface area contributed by atoms with Gasteiger partial charge in [-0.15, -0.1) is 0 Å². The number of ether oxygens (including phenoxy) is 1. The Balaban J connectivity index is 1.87. The van der Waals surface area contributed by atoms with Crippen molar-refractivity contribution in [3.8, 4) is 0 Å². The molecule has 2 heteroatoms. The molecule has 0 unspecified atom stereocenters. The Hall–Kier alpha value is -0.860. The summed E-state index contributed by atoms with van der Waals surface area (Å²) in [6.07, 6.45) is 0. The molecule has 2 heterocycles. The van der Waals surface area contributed by atoms with Crippen molar-refractivity contribution in [2.45, 2.75) is 38.9 Å². The van der Waals surface area contributed by atoms with Crippen LogP contribution in [0.4, 0.5) is 0 Å². The van der Waals surface area contributed by atoms with Gasteiger partial charge in [0.1, 0.15) is 0 Å². The van der Waals surface area contributed by atoms with Crippen LogP contribution in [0.25, 0.3) is 0 Å². The number of nitrogens with zero attached hydrogens (tertiary/aromatic N) is 1. The molecule has 0 amide bonds. The summed E-state index contributed by atoms with van der Waals surface area (Å²) in [6.45, 7) is 8.65. The van der Waals surface area contributed by atoms with E-state index in [0.29, 0.717) is 12.0 Å². The zero-order chi connectivity index (χ0) is 11.1. The predicted molar refractivity (Wildman–Crippen MR) is 64.4 cm³/mol. The van der Waals surface area contributed by atoms with Crippen LogP contribution in [0.5, 0.6) is 0 Å². The maximum Gasteiger partial charge on any atom is 0.0645 e. The first-order chi connectivity index (χ1) is 7.75. The van der Waals surface area contributed by atoms with Gasteiger partial charge in [-0.25, -0.2) is 0 Å². The molecule has 16 heavy (non-hydrogen) atoms. The summed E-state index contributed by atoms with van der Waals surface area (Å²) >= 11 is 0. The Morgan fingerprint density at radius 3 is 2.69 bits per heavy atom. The van der Waals surface area contributed by atoms with Gasteiger partial charge in [0.25, 0.3) is 0 Å². The first-order valence-electron chi connectivity index (χ1n) is 6.18. The second kappa shape index (κ2) is 3.86. The quantitative estimate of drug-likeness (QED) is 0.754. The largest absolute Gasteiger partial charge is 0.378 e. The van der Waals surface area contributed by atoms with E-state index in [1.165, 1.54) is 11.1 Å². The average Bonchev–Trinajstić information content (AvgIpc) is 2.56. The number of hydrogen-bond donors (Lipinski definition) is 0. The van der Waals surface area contributed by atoms with Crippen LogP contribution in [0.1, 0.15) is 36.5 Å². The van der Waals surface area contributed by atoms with Crippen molar-refractivity contribution in [3.63, 3.8) is 0 Å². The van der Waals surface area contributed by atoms with Gasteiger partial charge in [-0.3, -0.25) is 4.90 Å². The van der Waals surface area contributed by atoms with Gasteiger partial charge in [0.15, 0.2) is 0 Å². The maximum atomic E-state index is 5.28. The van der Waals surface area contributed by atoms with E-state index in [2.05, 4.69) is 36.9 Å². The molecule has 0 aliphatic carbocycles. The molecule has 86 valence electrons. The third kappa shape index (κ3) is 1.57. The van der Waals surface area contributed by atoms with Crippen molar-refractivity contribution in [2.24, 2.45) is 0 Å². The summed E-state index contributed by atoms with van der Waals surface area (Å²) in [5.74, 6) is 0.632. The minimum absolute atomic E-state index is 0.632. The fourth-order valence-electron chi connectivity index (χ4n) is 2.71. The second-order valence-corrected chi connectivity index (χ2v) is 5.24. The van der Waals surface area contributed by atoms with Crippen LogP contribution in [-0.4, -0.2) is 24.2 Å². The summed E-state index contributed by atoms with van der Waals surface area (Å²) in [7, 11) is 0.